The van der Waals surface area contributed by atoms with Crippen molar-refractivity contribution in [3.05, 3.63) is 41.4 Å². The van der Waals surface area contributed by atoms with E-state index in [0.717, 1.165) is 59.2 Å². The molecular formula is C21H26ClN3O. The zero-order valence-electron chi connectivity index (χ0n) is 15.6. The van der Waals surface area contributed by atoms with Crippen LogP contribution in [0, 0.1) is 0 Å². The SMILES string of the molecule is CCNCCCC(C)Nc1c2ccc(Cl)cc2nc2ccc(OC)cc12. The molecule has 1 aromatic heterocycles. The van der Waals surface area contributed by atoms with Crippen LogP contribution in [0.2, 0.25) is 5.02 Å². The Morgan fingerprint density at radius 1 is 1.12 bits per heavy atom. The molecular weight excluding hydrogens is 346 g/mol. The van der Waals surface area contributed by atoms with Crippen LogP contribution in [0.25, 0.3) is 21.8 Å². The van der Waals surface area contributed by atoms with E-state index in [-0.39, 0.29) is 0 Å². The van der Waals surface area contributed by atoms with E-state index in [9.17, 15) is 0 Å². The molecule has 4 nitrogen and oxygen atoms in total. The Hall–Kier alpha value is -2.04. The molecule has 0 bridgehead atoms. The highest BCUT2D eigenvalue weighted by atomic mass is 35.5. The summed E-state index contributed by atoms with van der Waals surface area (Å²) in [5.74, 6) is 0.829. The number of pyridine rings is 1. The lowest BCUT2D eigenvalue weighted by atomic mass is 10.1. The summed E-state index contributed by atoms with van der Waals surface area (Å²) in [5.41, 5.74) is 2.93. The molecule has 0 radical (unpaired) electrons. The minimum atomic E-state index is 0.351. The van der Waals surface area contributed by atoms with Crippen LogP contribution in [-0.4, -0.2) is 31.2 Å². The first-order valence-electron chi connectivity index (χ1n) is 9.16. The van der Waals surface area contributed by atoms with Crippen molar-refractivity contribution in [3.63, 3.8) is 0 Å². The smallest absolute Gasteiger partial charge is 0.119 e. The first-order valence-corrected chi connectivity index (χ1v) is 9.54. The zero-order valence-corrected chi connectivity index (χ0v) is 16.4. The molecule has 3 rings (SSSR count). The minimum Gasteiger partial charge on any atom is -0.497 e. The molecule has 1 atom stereocenters. The third-order valence-corrected chi connectivity index (χ3v) is 4.81. The first kappa shape index (κ1) is 18.7. The summed E-state index contributed by atoms with van der Waals surface area (Å²) in [6.45, 7) is 6.42. The maximum absolute atomic E-state index is 6.19. The van der Waals surface area contributed by atoms with Gasteiger partial charge in [0.25, 0.3) is 0 Å². The van der Waals surface area contributed by atoms with Crippen LogP contribution >= 0.6 is 11.6 Å². The summed E-state index contributed by atoms with van der Waals surface area (Å²) in [6, 6.07) is 12.2. The Morgan fingerprint density at radius 3 is 2.73 bits per heavy atom. The molecule has 138 valence electrons. The van der Waals surface area contributed by atoms with Crippen LogP contribution in [0.4, 0.5) is 5.69 Å². The van der Waals surface area contributed by atoms with Crippen molar-refractivity contribution in [2.24, 2.45) is 0 Å². The number of hydrogen-bond donors (Lipinski definition) is 2. The molecule has 5 heteroatoms. The number of benzene rings is 2. The van der Waals surface area contributed by atoms with E-state index in [4.69, 9.17) is 21.3 Å². The number of nitrogens with zero attached hydrogens (tertiary/aromatic N) is 1. The van der Waals surface area contributed by atoms with Crippen LogP contribution in [0.15, 0.2) is 36.4 Å². The number of anilines is 1. The number of rotatable bonds is 8. The largest absolute Gasteiger partial charge is 0.497 e. The molecule has 1 heterocycles. The van der Waals surface area contributed by atoms with Crippen molar-refractivity contribution in [2.75, 3.05) is 25.5 Å². The van der Waals surface area contributed by atoms with Crippen LogP contribution in [0.1, 0.15) is 26.7 Å². The minimum absolute atomic E-state index is 0.351. The maximum Gasteiger partial charge on any atom is 0.119 e. The molecule has 1 unspecified atom stereocenters. The van der Waals surface area contributed by atoms with E-state index in [1.165, 1.54) is 0 Å². The van der Waals surface area contributed by atoms with Gasteiger partial charge < -0.3 is 15.4 Å². The predicted octanol–water partition coefficient (Wildman–Crippen LogP) is 5.24. The highest BCUT2D eigenvalue weighted by Gasteiger charge is 2.13. The van der Waals surface area contributed by atoms with E-state index >= 15 is 0 Å². The lowest BCUT2D eigenvalue weighted by molar-refractivity contribution is 0.415. The summed E-state index contributed by atoms with van der Waals surface area (Å²) in [5, 5.41) is 9.93. The van der Waals surface area contributed by atoms with Gasteiger partial charge in [-0.3, -0.25) is 0 Å². The van der Waals surface area contributed by atoms with Crippen molar-refractivity contribution in [3.8, 4) is 5.75 Å². The van der Waals surface area contributed by atoms with Gasteiger partial charge in [-0.25, -0.2) is 4.98 Å². The average molecular weight is 372 g/mol. The number of ether oxygens (including phenoxy) is 1. The van der Waals surface area contributed by atoms with Crippen molar-refractivity contribution in [1.82, 2.24) is 10.3 Å². The Morgan fingerprint density at radius 2 is 1.96 bits per heavy atom. The summed E-state index contributed by atoms with van der Waals surface area (Å²) in [6.07, 6.45) is 2.23. The van der Waals surface area contributed by atoms with E-state index in [0.29, 0.717) is 11.1 Å². The molecule has 0 saturated heterocycles. The normalized spacial score (nSPS) is 12.5. The third kappa shape index (κ3) is 4.19. The van der Waals surface area contributed by atoms with Crippen LogP contribution < -0.4 is 15.4 Å². The Kier molecular flexibility index (Phi) is 6.17. The Labute approximate surface area is 159 Å². The second-order valence-electron chi connectivity index (χ2n) is 6.57. The number of hydrogen-bond acceptors (Lipinski definition) is 4. The fourth-order valence-corrected chi connectivity index (χ4v) is 3.37. The van der Waals surface area contributed by atoms with Gasteiger partial charge in [0.2, 0.25) is 0 Å². The second kappa shape index (κ2) is 8.56. The quantitative estimate of drug-likeness (QED) is 0.420. The summed E-state index contributed by atoms with van der Waals surface area (Å²) in [4.78, 5) is 4.78. The summed E-state index contributed by atoms with van der Waals surface area (Å²) < 4.78 is 5.42. The Balaban J connectivity index is 2.00. The number of aromatic nitrogens is 1. The molecule has 0 aliphatic heterocycles. The lowest BCUT2D eigenvalue weighted by Crippen LogP contribution is -2.20. The van der Waals surface area contributed by atoms with Crippen LogP contribution in [0.3, 0.4) is 0 Å². The maximum atomic E-state index is 6.19. The van der Waals surface area contributed by atoms with Gasteiger partial charge in [0.05, 0.1) is 23.8 Å². The van der Waals surface area contributed by atoms with Gasteiger partial charge in [0.1, 0.15) is 5.75 Å². The number of nitrogens with one attached hydrogen (secondary N) is 2. The molecule has 0 spiro atoms. The van der Waals surface area contributed by atoms with Gasteiger partial charge in [-0.15, -0.1) is 0 Å². The average Bonchev–Trinajstić information content (AvgIpc) is 2.64. The summed E-state index contributed by atoms with van der Waals surface area (Å²) >= 11 is 6.19. The zero-order chi connectivity index (χ0) is 18.5. The fraction of sp³-hybridized carbons (Fsp3) is 0.381. The second-order valence-corrected chi connectivity index (χ2v) is 7.01. The number of methoxy groups -OCH3 is 1. The van der Waals surface area contributed by atoms with Gasteiger partial charge in [0, 0.05) is 21.8 Å². The lowest BCUT2D eigenvalue weighted by Gasteiger charge is -2.19. The molecule has 0 fully saturated rings. The van der Waals surface area contributed by atoms with E-state index in [2.05, 4.69) is 24.5 Å². The summed E-state index contributed by atoms with van der Waals surface area (Å²) in [7, 11) is 1.69. The third-order valence-electron chi connectivity index (χ3n) is 4.57. The van der Waals surface area contributed by atoms with Gasteiger partial charge in [-0.2, -0.15) is 0 Å². The molecule has 2 aromatic carbocycles. The van der Waals surface area contributed by atoms with Gasteiger partial charge in [0.15, 0.2) is 0 Å². The van der Waals surface area contributed by atoms with E-state index < -0.39 is 0 Å². The first-order chi connectivity index (χ1) is 12.6. The molecule has 0 saturated carbocycles. The molecule has 3 aromatic rings. The molecule has 0 aliphatic carbocycles. The number of halogens is 1. The van der Waals surface area contributed by atoms with E-state index in [1.54, 1.807) is 7.11 Å². The van der Waals surface area contributed by atoms with Gasteiger partial charge >= 0.3 is 0 Å². The molecule has 0 aliphatic rings. The highest BCUT2D eigenvalue weighted by molar-refractivity contribution is 6.31. The van der Waals surface area contributed by atoms with Gasteiger partial charge in [-0.05, 0) is 69.3 Å². The standard InChI is InChI=1S/C21H26ClN3O/c1-4-23-11-5-6-14(2)24-21-17-9-7-15(22)12-20(17)25-19-10-8-16(26-3)13-18(19)21/h7-10,12-14,23H,4-6,11H2,1-3H3,(H,24,25). The Bertz CT molecular complexity index is 897. The molecule has 0 amide bonds. The fourth-order valence-electron chi connectivity index (χ4n) is 3.21. The van der Waals surface area contributed by atoms with Crippen molar-refractivity contribution >= 4 is 39.1 Å². The number of fused-ring (bicyclic) bond motifs is 2. The van der Waals surface area contributed by atoms with Crippen LogP contribution in [-0.2, 0) is 0 Å². The van der Waals surface area contributed by atoms with E-state index in [1.807, 2.05) is 36.4 Å². The molecule has 26 heavy (non-hydrogen) atoms. The van der Waals surface area contributed by atoms with Crippen molar-refractivity contribution < 1.29 is 4.74 Å². The van der Waals surface area contributed by atoms with Crippen molar-refractivity contribution in [1.29, 1.82) is 0 Å². The van der Waals surface area contributed by atoms with Crippen molar-refractivity contribution in [2.45, 2.75) is 32.7 Å². The van der Waals surface area contributed by atoms with Crippen LogP contribution in [0.5, 0.6) is 5.75 Å². The predicted molar refractivity (Wildman–Crippen MR) is 112 cm³/mol. The highest BCUT2D eigenvalue weighted by Crippen LogP contribution is 2.34. The molecule has 2 N–H and O–H groups in total. The van der Waals surface area contributed by atoms with Gasteiger partial charge in [-0.1, -0.05) is 18.5 Å². The topological polar surface area (TPSA) is 46.2 Å². The monoisotopic (exact) mass is 371 g/mol.